The molecule has 0 amide bonds. The van der Waals surface area contributed by atoms with Crippen molar-refractivity contribution in [3.05, 3.63) is 52.1 Å². The standard InChI is InChI=1S/C17H17ClFNO/c1-10-4-14-15(8-17(2,3)9-16(14)21)20(10)13-6-11(18)5-12(19)7-13/h4-7H,8-9H2,1-3H3. The molecule has 4 heteroatoms. The van der Waals surface area contributed by atoms with E-state index in [-0.39, 0.29) is 17.0 Å². The van der Waals surface area contributed by atoms with Crippen LogP contribution >= 0.6 is 11.6 Å². The summed E-state index contributed by atoms with van der Waals surface area (Å²) in [6, 6.07) is 6.35. The minimum atomic E-state index is -0.374. The lowest BCUT2D eigenvalue weighted by molar-refractivity contribution is 0.0911. The fourth-order valence-electron chi connectivity index (χ4n) is 3.18. The van der Waals surface area contributed by atoms with Gasteiger partial charge in [0.05, 0.1) is 0 Å². The van der Waals surface area contributed by atoms with Crippen LogP contribution in [0.1, 0.15) is 42.0 Å². The first-order valence-electron chi connectivity index (χ1n) is 6.98. The summed E-state index contributed by atoms with van der Waals surface area (Å²) in [5.41, 5.74) is 3.23. The zero-order chi connectivity index (χ0) is 15.4. The second-order valence-corrected chi connectivity index (χ2v) is 6.99. The van der Waals surface area contributed by atoms with Crippen LogP contribution in [0.5, 0.6) is 0 Å². The molecule has 1 aromatic carbocycles. The van der Waals surface area contributed by atoms with Crippen molar-refractivity contribution >= 4 is 17.4 Å². The van der Waals surface area contributed by atoms with Crippen LogP contribution in [0.15, 0.2) is 24.3 Å². The Morgan fingerprint density at radius 3 is 2.57 bits per heavy atom. The summed E-state index contributed by atoms with van der Waals surface area (Å²) in [6.07, 6.45) is 1.34. The summed E-state index contributed by atoms with van der Waals surface area (Å²) < 4.78 is 15.6. The molecule has 21 heavy (non-hydrogen) atoms. The highest BCUT2D eigenvalue weighted by Gasteiger charge is 2.34. The van der Waals surface area contributed by atoms with Gasteiger partial charge in [-0.1, -0.05) is 25.4 Å². The summed E-state index contributed by atoms with van der Waals surface area (Å²) in [5, 5.41) is 0.355. The van der Waals surface area contributed by atoms with Gasteiger partial charge in [-0.25, -0.2) is 4.39 Å². The molecular formula is C17H17ClFNO. The lowest BCUT2D eigenvalue weighted by Crippen LogP contribution is -2.27. The number of Topliss-reactive ketones (excluding diaryl/α,β-unsaturated/α-hetero) is 1. The van der Waals surface area contributed by atoms with Crippen LogP contribution in [0.2, 0.25) is 5.02 Å². The minimum Gasteiger partial charge on any atom is -0.317 e. The first kappa shape index (κ1) is 14.3. The summed E-state index contributed by atoms with van der Waals surface area (Å²) in [7, 11) is 0. The smallest absolute Gasteiger partial charge is 0.165 e. The molecule has 110 valence electrons. The van der Waals surface area contributed by atoms with Gasteiger partial charge in [0, 0.05) is 34.1 Å². The Kier molecular flexibility index (Phi) is 3.21. The highest BCUT2D eigenvalue weighted by Crippen LogP contribution is 2.37. The number of benzene rings is 1. The number of halogens is 2. The van der Waals surface area contributed by atoms with Gasteiger partial charge in [-0.05, 0) is 43.0 Å². The molecule has 1 heterocycles. The number of carbonyl (C=O) groups excluding carboxylic acids is 1. The molecule has 2 aromatic rings. The molecule has 3 rings (SSSR count). The van der Waals surface area contributed by atoms with Crippen molar-refractivity contribution in [3.63, 3.8) is 0 Å². The highest BCUT2D eigenvalue weighted by atomic mass is 35.5. The minimum absolute atomic E-state index is 0.0796. The molecule has 1 aliphatic rings. The third kappa shape index (κ3) is 2.51. The van der Waals surface area contributed by atoms with Crippen molar-refractivity contribution in [2.24, 2.45) is 5.41 Å². The number of rotatable bonds is 1. The number of aromatic nitrogens is 1. The Hall–Kier alpha value is -1.61. The molecule has 1 aliphatic carbocycles. The summed E-state index contributed by atoms with van der Waals surface area (Å²) in [6.45, 7) is 6.09. The van der Waals surface area contributed by atoms with Crippen molar-refractivity contribution in [1.82, 2.24) is 4.57 Å². The Bertz CT molecular complexity index is 725. The van der Waals surface area contributed by atoms with Crippen molar-refractivity contribution in [3.8, 4) is 5.69 Å². The molecule has 0 unspecified atom stereocenters. The number of ketones is 1. The van der Waals surface area contributed by atoms with Gasteiger partial charge >= 0.3 is 0 Å². The molecule has 0 bridgehead atoms. The van der Waals surface area contributed by atoms with E-state index >= 15 is 0 Å². The predicted octanol–water partition coefficient (Wildman–Crippen LogP) is 4.73. The van der Waals surface area contributed by atoms with Crippen LogP contribution in [0.3, 0.4) is 0 Å². The van der Waals surface area contributed by atoms with E-state index in [4.69, 9.17) is 11.6 Å². The Morgan fingerprint density at radius 1 is 1.19 bits per heavy atom. The maximum absolute atomic E-state index is 13.6. The number of hydrogen-bond donors (Lipinski definition) is 0. The van der Waals surface area contributed by atoms with E-state index in [9.17, 15) is 9.18 Å². The molecule has 0 saturated carbocycles. The SMILES string of the molecule is Cc1cc2c(n1-c1cc(F)cc(Cl)c1)CC(C)(C)CC2=O. The molecule has 1 aromatic heterocycles. The first-order valence-corrected chi connectivity index (χ1v) is 7.35. The lowest BCUT2D eigenvalue weighted by Gasteiger charge is -2.30. The Labute approximate surface area is 128 Å². The van der Waals surface area contributed by atoms with E-state index in [1.807, 2.05) is 17.6 Å². The normalized spacial score (nSPS) is 16.9. The van der Waals surface area contributed by atoms with Crippen LogP contribution in [0.4, 0.5) is 4.39 Å². The topological polar surface area (TPSA) is 22.0 Å². The van der Waals surface area contributed by atoms with E-state index in [1.165, 1.54) is 12.1 Å². The molecule has 0 saturated heterocycles. The molecule has 2 nitrogen and oxygen atoms in total. The van der Waals surface area contributed by atoms with Crippen molar-refractivity contribution in [2.45, 2.75) is 33.6 Å². The van der Waals surface area contributed by atoms with Crippen LogP contribution in [0, 0.1) is 18.2 Å². The molecule has 0 aliphatic heterocycles. The molecular weight excluding hydrogens is 289 g/mol. The lowest BCUT2D eigenvalue weighted by atomic mass is 9.76. The van der Waals surface area contributed by atoms with Gasteiger partial charge in [-0.2, -0.15) is 0 Å². The van der Waals surface area contributed by atoms with Crippen molar-refractivity contribution in [1.29, 1.82) is 0 Å². The first-order chi connectivity index (χ1) is 9.77. The van der Waals surface area contributed by atoms with E-state index in [0.29, 0.717) is 17.1 Å². The zero-order valence-electron chi connectivity index (χ0n) is 12.3. The molecule has 0 spiro atoms. The molecule has 0 fully saturated rings. The van der Waals surface area contributed by atoms with Gasteiger partial charge in [0.2, 0.25) is 0 Å². The van der Waals surface area contributed by atoms with Gasteiger partial charge in [0.25, 0.3) is 0 Å². The van der Waals surface area contributed by atoms with Crippen LogP contribution in [-0.2, 0) is 6.42 Å². The van der Waals surface area contributed by atoms with Crippen molar-refractivity contribution in [2.75, 3.05) is 0 Å². The number of fused-ring (bicyclic) bond motifs is 1. The van der Waals surface area contributed by atoms with Crippen LogP contribution in [-0.4, -0.2) is 10.4 Å². The molecule has 0 radical (unpaired) electrons. The number of carbonyl (C=O) groups is 1. The zero-order valence-corrected chi connectivity index (χ0v) is 13.1. The summed E-state index contributed by atoms with van der Waals surface area (Å²) in [5.74, 6) is -0.216. The average molecular weight is 306 g/mol. The number of nitrogens with zero attached hydrogens (tertiary/aromatic N) is 1. The van der Waals surface area contributed by atoms with Gasteiger partial charge in [-0.3, -0.25) is 4.79 Å². The van der Waals surface area contributed by atoms with E-state index in [2.05, 4.69) is 13.8 Å². The van der Waals surface area contributed by atoms with Gasteiger partial charge < -0.3 is 4.57 Å². The third-order valence-electron chi connectivity index (χ3n) is 3.98. The second kappa shape index (κ2) is 4.70. The molecule has 0 N–H and O–H groups in total. The van der Waals surface area contributed by atoms with Crippen LogP contribution in [0.25, 0.3) is 5.69 Å². The van der Waals surface area contributed by atoms with E-state index in [0.717, 1.165) is 23.4 Å². The number of aryl methyl sites for hydroxylation is 1. The summed E-state index contributed by atoms with van der Waals surface area (Å²) in [4.78, 5) is 12.3. The largest absolute Gasteiger partial charge is 0.317 e. The maximum atomic E-state index is 13.6. The van der Waals surface area contributed by atoms with E-state index in [1.54, 1.807) is 6.07 Å². The average Bonchev–Trinajstić information content (AvgIpc) is 2.63. The van der Waals surface area contributed by atoms with Gasteiger partial charge in [-0.15, -0.1) is 0 Å². The van der Waals surface area contributed by atoms with Crippen molar-refractivity contribution < 1.29 is 9.18 Å². The summed E-state index contributed by atoms with van der Waals surface area (Å²) >= 11 is 5.97. The third-order valence-corrected chi connectivity index (χ3v) is 4.20. The second-order valence-electron chi connectivity index (χ2n) is 6.55. The predicted molar refractivity (Wildman–Crippen MR) is 81.9 cm³/mol. The molecule has 0 atom stereocenters. The Morgan fingerprint density at radius 2 is 1.90 bits per heavy atom. The van der Waals surface area contributed by atoms with E-state index < -0.39 is 0 Å². The quantitative estimate of drug-likeness (QED) is 0.746. The fraction of sp³-hybridized carbons (Fsp3) is 0.353. The Balaban J connectivity index is 2.23. The maximum Gasteiger partial charge on any atom is 0.165 e. The highest BCUT2D eigenvalue weighted by molar-refractivity contribution is 6.30. The monoisotopic (exact) mass is 305 g/mol. The number of hydrogen-bond acceptors (Lipinski definition) is 1. The van der Waals surface area contributed by atoms with Gasteiger partial charge in [0.15, 0.2) is 5.78 Å². The van der Waals surface area contributed by atoms with Crippen LogP contribution < -0.4 is 0 Å². The fourth-order valence-corrected chi connectivity index (χ4v) is 3.40. The van der Waals surface area contributed by atoms with Gasteiger partial charge in [0.1, 0.15) is 5.82 Å².